The van der Waals surface area contributed by atoms with E-state index in [2.05, 4.69) is 11.1 Å². The van der Waals surface area contributed by atoms with Gasteiger partial charge in [-0.1, -0.05) is 45.0 Å². The van der Waals surface area contributed by atoms with Crippen LogP contribution in [-0.2, 0) is 25.3 Å². The predicted octanol–water partition coefficient (Wildman–Crippen LogP) is 4.64. The van der Waals surface area contributed by atoms with Crippen LogP contribution in [-0.4, -0.2) is 49.6 Å². The van der Waals surface area contributed by atoms with Crippen molar-refractivity contribution in [1.82, 2.24) is 9.88 Å². The van der Waals surface area contributed by atoms with E-state index in [9.17, 15) is 9.59 Å². The third-order valence-corrected chi connectivity index (χ3v) is 6.06. The number of likely N-dealkylation sites (N-methyl/N-ethyl adjacent to an activating group) is 1. The van der Waals surface area contributed by atoms with Gasteiger partial charge in [-0.3, -0.25) is 19.5 Å². The van der Waals surface area contributed by atoms with E-state index in [1.54, 1.807) is 42.4 Å². The summed E-state index contributed by atoms with van der Waals surface area (Å²) in [4.78, 5) is 29.1. The standard InChI is InChI=1S/C27H29BN2O6.C2H6/c1-4-30(3)17-27(32)36-28(33-18-31)20-8-10-21(11-9-20)34-26-13-12-24-23(26)6-5-7-25(24)35-22-14-15-29-19(2)16-22;1-2/h5-11,14-16,18,26H,4,12-13,17H2,1-3H3;1-2H3. The minimum Gasteiger partial charge on any atom is -0.498 e. The molecule has 0 saturated heterocycles. The Bertz CT molecular complexity index is 1200. The van der Waals surface area contributed by atoms with Gasteiger partial charge in [-0.15, -0.1) is 0 Å². The van der Waals surface area contributed by atoms with Gasteiger partial charge in [-0.2, -0.15) is 0 Å². The summed E-state index contributed by atoms with van der Waals surface area (Å²) in [6.45, 7) is 8.93. The Morgan fingerprint density at radius 1 is 1.13 bits per heavy atom. The van der Waals surface area contributed by atoms with Gasteiger partial charge in [-0.25, -0.2) is 0 Å². The lowest BCUT2D eigenvalue weighted by atomic mass is 9.79. The van der Waals surface area contributed by atoms with Gasteiger partial charge >= 0.3 is 13.1 Å². The second-order valence-electron chi connectivity index (χ2n) is 8.66. The Kier molecular flexibility index (Phi) is 10.7. The summed E-state index contributed by atoms with van der Waals surface area (Å²) in [5.41, 5.74) is 3.67. The van der Waals surface area contributed by atoms with E-state index in [1.165, 1.54) is 0 Å². The number of rotatable bonds is 11. The molecule has 0 spiro atoms. The highest BCUT2D eigenvalue weighted by Crippen LogP contribution is 2.40. The van der Waals surface area contributed by atoms with Crippen molar-refractivity contribution in [2.24, 2.45) is 0 Å². The fourth-order valence-corrected chi connectivity index (χ4v) is 4.09. The topological polar surface area (TPSA) is 87.2 Å². The Morgan fingerprint density at radius 3 is 2.58 bits per heavy atom. The van der Waals surface area contributed by atoms with Crippen molar-refractivity contribution < 1.29 is 28.4 Å². The zero-order chi connectivity index (χ0) is 27.5. The smallest absolute Gasteiger partial charge is 0.498 e. The van der Waals surface area contributed by atoms with Crippen LogP contribution in [0.15, 0.2) is 60.8 Å². The van der Waals surface area contributed by atoms with Crippen LogP contribution in [0.4, 0.5) is 0 Å². The van der Waals surface area contributed by atoms with Crippen molar-refractivity contribution in [3.8, 4) is 17.2 Å². The van der Waals surface area contributed by atoms with Crippen LogP contribution in [0.5, 0.6) is 17.2 Å². The number of carbonyl (C=O) groups excluding carboxylic acids is 2. The number of aryl methyl sites for hydroxylation is 1. The number of hydrogen-bond acceptors (Lipinski definition) is 8. The molecule has 0 fully saturated rings. The number of aromatic nitrogens is 1. The number of ether oxygens (including phenoxy) is 2. The van der Waals surface area contributed by atoms with Crippen LogP contribution >= 0.6 is 0 Å². The van der Waals surface area contributed by atoms with Crippen LogP contribution in [0.25, 0.3) is 0 Å². The Hall–Kier alpha value is -3.85. The molecule has 0 aliphatic heterocycles. The van der Waals surface area contributed by atoms with Crippen LogP contribution < -0.4 is 14.9 Å². The summed E-state index contributed by atoms with van der Waals surface area (Å²) in [6, 6.07) is 16.8. The zero-order valence-electron chi connectivity index (χ0n) is 22.7. The monoisotopic (exact) mass is 518 g/mol. The van der Waals surface area contributed by atoms with Gasteiger partial charge in [0.2, 0.25) is 0 Å². The van der Waals surface area contributed by atoms with E-state index in [-0.39, 0.29) is 19.1 Å². The molecular weight excluding hydrogens is 483 g/mol. The number of hydrogen-bond donors (Lipinski definition) is 0. The summed E-state index contributed by atoms with van der Waals surface area (Å²) >= 11 is 0. The third-order valence-electron chi connectivity index (χ3n) is 6.06. The molecular formula is C29H35BN2O6. The molecule has 200 valence electrons. The number of carbonyl (C=O) groups is 2. The number of benzene rings is 2. The molecule has 2 aromatic carbocycles. The molecule has 0 amide bonds. The highest BCUT2D eigenvalue weighted by atomic mass is 16.6. The average molecular weight is 518 g/mol. The second kappa shape index (κ2) is 14.2. The fraction of sp³-hybridized carbons (Fsp3) is 0.345. The molecule has 0 N–H and O–H groups in total. The van der Waals surface area contributed by atoms with Gasteiger partial charge in [0.15, 0.2) is 0 Å². The molecule has 1 atom stereocenters. The SMILES string of the molecule is CC.CCN(C)CC(=O)OB(OC=O)c1ccc(OC2CCc3c(Oc4ccnc(C)c4)cccc32)cc1. The van der Waals surface area contributed by atoms with Crippen LogP contribution in [0.1, 0.15) is 50.1 Å². The molecule has 3 aromatic rings. The lowest BCUT2D eigenvalue weighted by molar-refractivity contribution is -0.137. The number of pyridine rings is 1. The molecule has 1 heterocycles. The predicted molar refractivity (Wildman–Crippen MR) is 147 cm³/mol. The largest absolute Gasteiger partial charge is 0.636 e. The first-order valence-corrected chi connectivity index (χ1v) is 12.9. The van der Waals surface area contributed by atoms with Gasteiger partial charge in [0.1, 0.15) is 23.4 Å². The summed E-state index contributed by atoms with van der Waals surface area (Å²) in [5, 5.41) is 0. The zero-order valence-corrected chi connectivity index (χ0v) is 22.7. The first-order valence-electron chi connectivity index (χ1n) is 12.9. The molecule has 1 aromatic heterocycles. The summed E-state index contributed by atoms with van der Waals surface area (Å²) in [6.07, 6.45) is 3.29. The molecule has 0 saturated carbocycles. The minimum absolute atomic E-state index is 0.101. The van der Waals surface area contributed by atoms with E-state index in [0.717, 1.165) is 41.2 Å². The maximum atomic E-state index is 12.1. The van der Waals surface area contributed by atoms with Gasteiger partial charge in [0.05, 0.1) is 6.54 Å². The van der Waals surface area contributed by atoms with Crippen molar-refractivity contribution in [3.05, 3.63) is 77.6 Å². The molecule has 1 aliphatic carbocycles. The maximum absolute atomic E-state index is 12.1. The van der Waals surface area contributed by atoms with Crippen molar-refractivity contribution in [3.63, 3.8) is 0 Å². The first-order chi connectivity index (χ1) is 18.5. The molecule has 0 bridgehead atoms. The van der Waals surface area contributed by atoms with E-state index in [4.69, 9.17) is 18.8 Å². The Labute approximate surface area is 225 Å². The molecule has 8 nitrogen and oxygen atoms in total. The molecule has 0 radical (unpaired) electrons. The van der Waals surface area contributed by atoms with E-state index in [0.29, 0.717) is 17.8 Å². The van der Waals surface area contributed by atoms with Crippen molar-refractivity contribution in [1.29, 1.82) is 0 Å². The van der Waals surface area contributed by atoms with Crippen molar-refractivity contribution >= 4 is 25.0 Å². The third kappa shape index (κ3) is 7.58. The van der Waals surface area contributed by atoms with Gasteiger partial charge in [0, 0.05) is 29.0 Å². The highest BCUT2D eigenvalue weighted by Gasteiger charge is 2.30. The maximum Gasteiger partial charge on any atom is 0.636 e. The minimum atomic E-state index is -1.11. The quantitative estimate of drug-likeness (QED) is 0.268. The number of fused-ring (bicyclic) bond motifs is 1. The van der Waals surface area contributed by atoms with E-state index >= 15 is 0 Å². The highest BCUT2D eigenvalue weighted by molar-refractivity contribution is 6.63. The van der Waals surface area contributed by atoms with Gasteiger partial charge in [0.25, 0.3) is 6.47 Å². The second-order valence-corrected chi connectivity index (χ2v) is 8.66. The lowest BCUT2D eigenvalue weighted by Gasteiger charge is -2.18. The van der Waals surface area contributed by atoms with Gasteiger partial charge in [-0.05, 0) is 63.2 Å². The van der Waals surface area contributed by atoms with Gasteiger partial charge < -0.3 is 18.8 Å². The van der Waals surface area contributed by atoms with Crippen LogP contribution in [0, 0.1) is 6.92 Å². The molecule has 1 unspecified atom stereocenters. The Balaban J connectivity index is 0.00000195. The molecule has 38 heavy (non-hydrogen) atoms. The Morgan fingerprint density at radius 2 is 1.89 bits per heavy atom. The van der Waals surface area contributed by atoms with E-state index < -0.39 is 13.1 Å². The summed E-state index contributed by atoms with van der Waals surface area (Å²) in [7, 11) is 0.692. The number of nitrogens with zero attached hydrogens (tertiary/aromatic N) is 2. The van der Waals surface area contributed by atoms with E-state index in [1.807, 2.05) is 52.0 Å². The lowest BCUT2D eigenvalue weighted by Crippen LogP contribution is -2.41. The average Bonchev–Trinajstić information content (AvgIpc) is 3.33. The molecule has 9 heteroatoms. The van der Waals surface area contributed by atoms with Crippen molar-refractivity contribution in [2.75, 3.05) is 20.1 Å². The first kappa shape index (κ1) is 28.7. The molecule has 1 aliphatic rings. The van der Waals surface area contributed by atoms with Crippen LogP contribution in [0.2, 0.25) is 0 Å². The summed E-state index contributed by atoms with van der Waals surface area (Å²) in [5.74, 6) is 1.76. The van der Waals surface area contributed by atoms with Crippen molar-refractivity contribution in [2.45, 2.75) is 46.6 Å². The normalized spacial score (nSPS) is 13.6. The fourth-order valence-electron chi connectivity index (χ4n) is 4.09. The summed E-state index contributed by atoms with van der Waals surface area (Å²) < 4.78 is 22.8. The van der Waals surface area contributed by atoms with Crippen LogP contribution in [0.3, 0.4) is 0 Å². The molecule has 4 rings (SSSR count).